The van der Waals surface area contributed by atoms with Crippen LogP contribution in [-0.4, -0.2) is 19.2 Å². The van der Waals surface area contributed by atoms with Gasteiger partial charge in [0.2, 0.25) is 0 Å². The van der Waals surface area contributed by atoms with E-state index >= 15 is 0 Å². The number of halogens is 1. The van der Waals surface area contributed by atoms with E-state index in [1.165, 1.54) is 18.4 Å². The standard InChI is InChI=1S/C16H19ClN2O2/c1-20-13-6-5-12(15(9-13)21-2)10-19-16(17)14(7-8-18-19)11-3-4-11/h5-9,11,18H,3-4,10H2,1-2H3. The Hall–Kier alpha value is -1.81. The van der Waals surface area contributed by atoms with Crippen LogP contribution in [0.5, 0.6) is 11.5 Å². The summed E-state index contributed by atoms with van der Waals surface area (Å²) in [5.41, 5.74) is 5.46. The normalized spacial score (nSPS) is 17.8. The van der Waals surface area contributed by atoms with Gasteiger partial charge >= 0.3 is 0 Å². The van der Waals surface area contributed by atoms with Crippen molar-refractivity contribution < 1.29 is 9.47 Å². The molecule has 0 saturated heterocycles. The molecule has 112 valence electrons. The van der Waals surface area contributed by atoms with Gasteiger partial charge < -0.3 is 14.9 Å². The molecule has 0 radical (unpaired) electrons. The van der Waals surface area contributed by atoms with E-state index in [9.17, 15) is 0 Å². The molecule has 2 aliphatic rings. The van der Waals surface area contributed by atoms with E-state index in [1.807, 2.05) is 29.4 Å². The lowest BCUT2D eigenvalue weighted by Gasteiger charge is -2.29. The minimum Gasteiger partial charge on any atom is -0.497 e. The first-order valence-corrected chi connectivity index (χ1v) is 7.41. The van der Waals surface area contributed by atoms with E-state index in [-0.39, 0.29) is 0 Å². The minimum atomic E-state index is 0.621. The zero-order chi connectivity index (χ0) is 14.8. The fourth-order valence-electron chi connectivity index (χ4n) is 2.47. The van der Waals surface area contributed by atoms with Crippen molar-refractivity contribution in [2.24, 2.45) is 5.92 Å². The Kier molecular flexibility index (Phi) is 3.97. The van der Waals surface area contributed by atoms with Gasteiger partial charge in [-0.25, -0.2) is 0 Å². The summed E-state index contributed by atoms with van der Waals surface area (Å²) in [5, 5.41) is 2.72. The predicted octanol–water partition coefficient (Wildman–Crippen LogP) is 3.40. The van der Waals surface area contributed by atoms with Crippen LogP contribution in [0.3, 0.4) is 0 Å². The Labute approximate surface area is 130 Å². The highest BCUT2D eigenvalue weighted by Crippen LogP contribution is 2.41. The van der Waals surface area contributed by atoms with Gasteiger partial charge in [0, 0.05) is 17.8 Å². The molecule has 4 nitrogen and oxygen atoms in total. The van der Waals surface area contributed by atoms with E-state index in [2.05, 4.69) is 11.5 Å². The number of hydrazine groups is 1. The summed E-state index contributed by atoms with van der Waals surface area (Å²) in [5.74, 6) is 2.20. The topological polar surface area (TPSA) is 33.7 Å². The predicted molar refractivity (Wildman–Crippen MR) is 83.0 cm³/mol. The van der Waals surface area contributed by atoms with Gasteiger partial charge in [-0.2, -0.15) is 0 Å². The maximum atomic E-state index is 6.51. The van der Waals surface area contributed by atoms with E-state index in [0.29, 0.717) is 12.5 Å². The molecular weight excluding hydrogens is 288 g/mol. The Morgan fingerprint density at radius 2 is 2.10 bits per heavy atom. The fourth-order valence-corrected chi connectivity index (χ4v) is 2.79. The molecule has 1 aromatic carbocycles. The lowest BCUT2D eigenvalue weighted by molar-refractivity contribution is 0.282. The molecule has 1 N–H and O–H groups in total. The molecule has 1 aliphatic carbocycles. The molecule has 5 heteroatoms. The van der Waals surface area contributed by atoms with Crippen molar-refractivity contribution in [1.29, 1.82) is 0 Å². The second-order valence-electron chi connectivity index (χ2n) is 5.25. The van der Waals surface area contributed by atoms with E-state index in [4.69, 9.17) is 21.1 Å². The maximum absolute atomic E-state index is 6.51. The largest absolute Gasteiger partial charge is 0.497 e. The molecule has 21 heavy (non-hydrogen) atoms. The summed E-state index contributed by atoms with van der Waals surface area (Å²) in [6, 6.07) is 5.81. The first-order chi connectivity index (χ1) is 10.2. The summed E-state index contributed by atoms with van der Waals surface area (Å²) in [6.45, 7) is 0.632. The van der Waals surface area contributed by atoms with Crippen LogP contribution in [0, 0.1) is 5.92 Å². The lowest BCUT2D eigenvalue weighted by atomic mass is 10.1. The monoisotopic (exact) mass is 306 g/mol. The summed E-state index contributed by atoms with van der Waals surface area (Å²) in [4.78, 5) is 0. The number of hydrogen-bond donors (Lipinski definition) is 1. The summed E-state index contributed by atoms with van der Waals surface area (Å²) >= 11 is 6.51. The molecule has 1 saturated carbocycles. The molecule has 0 spiro atoms. The van der Waals surface area contributed by atoms with Crippen LogP contribution in [0.15, 0.2) is 41.2 Å². The molecule has 0 aromatic heterocycles. The van der Waals surface area contributed by atoms with Crippen LogP contribution in [-0.2, 0) is 6.54 Å². The Balaban J connectivity index is 1.82. The third-order valence-corrected chi connectivity index (χ3v) is 4.23. The molecule has 0 amide bonds. The van der Waals surface area contributed by atoms with E-state index in [1.54, 1.807) is 14.2 Å². The molecule has 1 fully saturated rings. The molecule has 1 aliphatic heterocycles. The van der Waals surface area contributed by atoms with Crippen molar-refractivity contribution in [3.63, 3.8) is 0 Å². The zero-order valence-corrected chi connectivity index (χ0v) is 13.0. The first-order valence-electron chi connectivity index (χ1n) is 7.03. The van der Waals surface area contributed by atoms with Gasteiger partial charge in [-0.05, 0) is 42.5 Å². The molecule has 0 bridgehead atoms. The Morgan fingerprint density at radius 1 is 1.29 bits per heavy atom. The number of nitrogens with one attached hydrogen (secondary N) is 1. The smallest absolute Gasteiger partial charge is 0.127 e. The van der Waals surface area contributed by atoms with Gasteiger partial charge in [0.1, 0.15) is 16.7 Å². The van der Waals surface area contributed by atoms with Crippen molar-refractivity contribution in [3.05, 3.63) is 46.8 Å². The van der Waals surface area contributed by atoms with Gasteiger partial charge in [-0.15, -0.1) is 0 Å². The molecular formula is C16H19ClN2O2. The quantitative estimate of drug-likeness (QED) is 0.845. The number of allylic oxidation sites excluding steroid dienone is 2. The highest BCUT2D eigenvalue weighted by molar-refractivity contribution is 6.29. The second kappa shape index (κ2) is 5.90. The van der Waals surface area contributed by atoms with Crippen molar-refractivity contribution in [2.75, 3.05) is 14.2 Å². The number of ether oxygens (including phenoxy) is 2. The van der Waals surface area contributed by atoms with Gasteiger partial charge in [0.05, 0.1) is 20.8 Å². The van der Waals surface area contributed by atoms with Crippen LogP contribution in [0.25, 0.3) is 0 Å². The zero-order valence-electron chi connectivity index (χ0n) is 12.2. The van der Waals surface area contributed by atoms with Crippen molar-refractivity contribution in [1.82, 2.24) is 10.4 Å². The molecule has 1 heterocycles. The highest BCUT2D eigenvalue weighted by Gasteiger charge is 2.30. The number of hydrogen-bond acceptors (Lipinski definition) is 4. The number of methoxy groups -OCH3 is 2. The summed E-state index contributed by atoms with van der Waals surface area (Å²) < 4.78 is 10.7. The van der Waals surface area contributed by atoms with Crippen LogP contribution >= 0.6 is 11.6 Å². The van der Waals surface area contributed by atoms with Crippen molar-refractivity contribution >= 4 is 11.6 Å². The van der Waals surface area contributed by atoms with Crippen LogP contribution in [0.2, 0.25) is 0 Å². The maximum Gasteiger partial charge on any atom is 0.127 e. The first kappa shape index (κ1) is 14.1. The number of rotatable bonds is 5. The molecule has 1 aromatic rings. The van der Waals surface area contributed by atoms with Gasteiger partial charge in [0.25, 0.3) is 0 Å². The highest BCUT2D eigenvalue weighted by atomic mass is 35.5. The average Bonchev–Trinajstić information content (AvgIpc) is 3.34. The molecule has 0 atom stereocenters. The summed E-state index contributed by atoms with van der Waals surface area (Å²) in [7, 11) is 3.31. The number of benzene rings is 1. The lowest BCUT2D eigenvalue weighted by Crippen LogP contribution is -2.34. The Bertz CT molecular complexity index is 594. The SMILES string of the molecule is COc1ccc(CN2NC=CC(C3CC3)=C2Cl)c(OC)c1. The summed E-state index contributed by atoms with van der Waals surface area (Å²) in [6.07, 6.45) is 6.47. The van der Waals surface area contributed by atoms with Crippen molar-refractivity contribution in [2.45, 2.75) is 19.4 Å². The average molecular weight is 307 g/mol. The van der Waals surface area contributed by atoms with E-state index in [0.717, 1.165) is 22.2 Å². The number of nitrogens with zero attached hydrogens (tertiary/aromatic N) is 1. The van der Waals surface area contributed by atoms with Crippen molar-refractivity contribution in [3.8, 4) is 11.5 Å². The Morgan fingerprint density at radius 3 is 2.76 bits per heavy atom. The fraction of sp³-hybridized carbons (Fsp3) is 0.375. The van der Waals surface area contributed by atoms with Gasteiger partial charge in [-0.1, -0.05) is 11.6 Å². The van der Waals surface area contributed by atoms with E-state index < -0.39 is 0 Å². The third kappa shape index (κ3) is 2.95. The van der Waals surface area contributed by atoms with Gasteiger partial charge in [-0.3, -0.25) is 5.01 Å². The second-order valence-corrected chi connectivity index (χ2v) is 5.60. The van der Waals surface area contributed by atoms with Crippen LogP contribution < -0.4 is 14.9 Å². The third-order valence-electron chi connectivity index (χ3n) is 3.81. The van der Waals surface area contributed by atoms with Gasteiger partial charge in [0.15, 0.2) is 0 Å². The van der Waals surface area contributed by atoms with Crippen LogP contribution in [0.4, 0.5) is 0 Å². The van der Waals surface area contributed by atoms with Crippen LogP contribution in [0.1, 0.15) is 18.4 Å². The molecule has 3 rings (SSSR count). The minimum absolute atomic E-state index is 0.621. The molecule has 0 unspecified atom stereocenters.